The third-order valence-corrected chi connectivity index (χ3v) is 7.91. The molecule has 1 aromatic heterocycles. The van der Waals surface area contributed by atoms with Crippen LogP contribution in [0.5, 0.6) is 5.75 Å². The van der Waals surface area contributed by atoms with Gasteiger partial charge >= 0.3 is 5.97 Å². The molecule has 0 spiro atoms. The number of aliphatic carboxylic acids is 1. The second kappa shape index (κ2) is 13.1. The van der Waals surface area contributed by atoms with E-state index >= 15 is 0 Å². The van der Waals surface area contributed by atoms with Crippen LogP contribution in [-0.2, 0) is 41.1 Å². The quantitative estimate of drug-likeness (QED) is 0.201. The number of benzene rings is 3. The zero-order valence-electron chi connectivity index (χ0n) is 23.8. The largest absolute Gasteiger partial charge is 0.496 e. The lowest BCUT2D eigenvalue weighted by Gasteiger charge is -2.31. The number of rotatable bonds is 14. The van der Waals surface area contributed by atoms with Gasteiger partial charge in [0.05, 0.1) is 31.3 Å². The van der Waals surface area contributed by atoms with Gasteiger partial charge in [-0.1, -0.05) is 54.6 Å². The van der Waals surface area contributed by atoms with E-state index in [1.165, 1.54) is 0 Å². The van der Waals surface area contributed by atoms with Crippen molar-refractivity contribution in [3.05, 3.63) is 88.0 Å². The highest BCUT2D eigenvalue weighted by Crippen LogP contribution is 2.38. The molecule has 40 heavy (non-hydrogen) atoms. The van der Waals surface area contributed by atoms with Gasteiger partial charge in [0.25, 0.3) is 0 Å². The van der Waals surface area contributed by atoms with Gasteiger partial charge in [-0.05, 0) is 85.0 Å². The normalized spacial score (nSPS) is 12.9. The third kappa shape index (κ3) is 6.03. The summed E-state index contributed by atoms with van der Waals surface area (Å²) in [6.07, 6.45) is 2.44. The summed E-state index contributed by atoms with van der Waals surface area (Å²) in [5.41, 5.74) is 5.52. The van der Waals surface area contributed by atoms with Crippen LogP contribution < -0.4 is 4.74 Å². The fraction of sp³-hybridized carbons (Fsp3) is 0.406. The number of unbranched alkanes of at least 4 members (excludes halogenated alkanes) is 1. The summed E-state index contributed by atoms with van der Waals surface area (Å²) in [5.74, 6) is -0.261. The highest BCUT2D eigenvalue weighted by Gasteiger charge is 2.41. The molecule has 0 radical (unpaired) electrons. The summed E-state index contributed by atoms with van der Waals surface area (Å²) in [5, 5.41) is 29.3. The van der Waals surface area contributed by atoms with Crippen molar-refractivity contribution in [1.82, 2.24) is 15.0 Å². The van der Waals surface area contributed by atoms with E-state index in [4.69, 9.17) is 9.47 Å². The number of nitrogens with zero attached hydrogens (tertiary/aromatic N) is 3. The fourth-order valence-corrected chi connectivity index (χ4v) is 5.47. The van der Waals surface area contributed by atoms with Gasteiger partial charge in [0.2, 0.25) is 0 Å². The van der Waals surface area contributed by atoms with Gasteiger partial charge < -0.3 is 19.7 Å². The summed E-state index contributed by atoms with van der Waals surface area (Å²) >= 11 is 0. The zero-order chi connectivity index (χ0) is 28.7. The SMILES string of the molecule is CCC(Cc1cc(CO)c(C)c(OC)c1)(C(=O)O)c1ccc2c(nnn2CCCCOCc2ccccc2)c1C. The lowest BCUT2D eigenvalue weighted by Crippen LogP contribution is -2.38. The summed E-state index contributed by atoms with van der Waals surface area (Å²) in [6.45, 7) is 7.55. The Morgan fingerprint density at radius 1 is 1.02 bits per heavy atom. The van der Waals surface area contributed by atoms with Gasteiger partial charge in [0.1, 0.15) is 11.3 Å². The van der Waals surface area contributed by atoms with Gasteiger partial charge in [0, 0.05) is 13.2 Å². The van der Waals surface area contributed by atoms with Crippen LogP contribution in [-0.4, -0.2) is 44.9 Å². The number of carboxylic acid groups (broad SMARTS) is 1. The monoisotopic (exact) mass is 545 g/mol. The molecular weight excluding hydrogens is 506 g/mol. The van der Waals surface area contributed by atoms with Crippen LogP contribution in [0.2, 0.25) is 0 Å². The van der Waals surface area contributed by atoms with Crippen molar-refractivity contribution in [2.75, 3.05) is 13.7 Å². The highest BCUT2D eigenvalue weighted by molar-refractivity contribution is 5.87. The van der Waals surface area contributed by atoms with Crippen molar-refractivity contribution in [2.24, 2.45) is 0 Å². The Bertz CT molecular complexity index is 1420. The maximum absolute atomic E-state index is 12.9. The number of ether oxygens (including phenoxy) is 2. The minimum atomic E-state index is -1.18. The van der Waals surface area contributed by atoms with E-state index in [0.717, 1.165) is 57.3 Å². The minimum Gasteiger partial charge on any atom is -0.496 e. The maximum atomic E-state index is 12.9. The first-order chi connectivity index (χ1) is 19.3. The number of aliphatic hydroxyl groups excluding tert-OH is 1. The number of methoxy groups -OCH3 is 1. The number of aromatic nitrogens is 3. The molecule has 1 unspecified atom stereocenters. The van der Waals surface area contributed by atoms with E-state index < -0.39 is 11.4 Å². The Labute approximate surface area is 235 Å². The zero-order valence-corrected chi connectivity index (χ0v) is 23.8. The van der Waals surface area contributed by atoms with Gasteiger partial charge in [-0.25, -0.2) is 4.68 Å². The molecule has 3 aromatic carbocycles. The number of hydrogen-bond donors (Lipinski definition) is 2. The number of aliphatic hydroxyl groups is 1. The standard InChI is InChI=1S/C32H39N3O5/c1-5-32(31(37)38,19-25-17-26(20-36)22(2)29(18-25)39-4)27-13-14-28-30(23(27)3)33-34-35(28)15-9-10-16-40-21-24-11-7-6-8-12-24/h6-8,11-14,17-18,36H,5,9-10,15-16,19-21H2,1-4H3,(H,37,38). The third-order valence-electron chi connectivity index (χ3n) is 7.91. The molecule has 212 valence electrons. The lowest BCUT2D eigenvalue weighted by atomic mass is 9.71. The Kier molecular flexibility index (Phi) is 9.55. The Balaban J connectivity index is 1.52. The minimum absolute atomic E-state index is 0.143. The number of fused-ring (bicyclic) bond motifs is 1. The topological polar surface area (TPSA) is 107 Å². The number of hydrogen-bond acceptors (Lipinski definition) is 6. The van der Waals surface area contributed by atoms with E-state index in [1.54, 1.807) is 7.11 Å². The van der Waals surface area contributed by atoms with Crippen LogP contribution >= 0.6 is 0 Å². The van der Waals surface area contributed by atoms with Crippen LogP contribution in [0.1, 0.15) is 59.6 Å². The first kappa shape index (κ1) is 29.2. The Morgan fingerprint density at radius 3 is 2.48 bits per heavy atom. The molecule has 0 fully saturated rings. The van der Waals surface area contributed by atoms with E-state index in [2.05, 4.69) is 22.4 Å². The van der Waals surface area contributed by atoms with Crippen LogP contribution in [0, 0.1) is 13.8 Å². The molecule has 0 saturated carbocycles. The molecule has 1 atom stereocenters. The first-order valence-electron chi connectivity index (χ1n) is 13.8. The second-order valence-corrected chi connectivity index (χ2v) is 10.3. The van der Waals surface area contributed by atoms with Gasteiger partial charge in [-0.15, -0.1) is 5.10 Å². The fourth-order valence-electron chi connectivity index (χ4n) is 5.47. The second-order valence-electron chi connectivity index (χ2n) is 10.3. The maximum Gasteiger partial charge on any atom is 0.314 e. The molecule has 0 saturated heterocycles. The molecule has 0 amide bonds. The van der Waals surface area contributed by atoms with Crippen LogP contribution in [0.25, 0.3) is 11.0 Å². The average Bonchev–Trinajstić information content (AvgIpc) is 3.39. The average molecular weight is 546 g/mol. The molecule has 0 aliphatic heterocycles. The summed E-state index contributed by atoms with van der Waals surface area (Å²) in [4.78, 5) is 12.9. The predicted octanol–water partition coefficient (Wildman–Crippen LogP) is 5.52. The number of carboxylic acids is 1. The van der Waals surface area contributed by atoms with Crippen LogP contribution in [0.15, 0.2) is 54.6 Å². The van der Waals surface area contributed by atoms with Crippen molar-refractivity contribution < 1.29 is 24.5 Å². The van der Waals surface area contributed by atoms with E-state index in [9.17, 15) is 15.0 Å². The molecule has 4 rings (SSSR count). The summed E-state index contributed by atoms with van der Waals surface area (Å²) < 4.78 is 13.2. The Morgan fingerprint density at radius 2 is 1.80 bits per heavy atom. The van der Waals surface area contributed by atoms with E-state index in [0.29, 0.717) is 31.9 Å². The molecular formula is C32H39N3O5. The molecule has 2 N–H and O–H groups in total. The first-order valence-corrected chi connectivity index (χ1v) is 13.8. The van der Waals surface area contributed by atoms with Gasteiger partial charge in [-0.3, -0.25) is 4.79 Å². The van der Waals surface area contributed by atoms with Crippen molar-refractivity contribution in [1.29, 1.82) is 0 Å². The van der Waals surface area contributed by atoms with Crippen molar-refractivity contribution in [2.45, 2.75) is 71.6 Å². The van der Waals surface area contributed by atoms with Crippen molar-refractivity contribution >= 4 is 17.0 Å². The predicted molar refractivity (Wildman–Crippen MR) is 155 cm³/mol. The molecule has 4 aromatic rings. The lowest BCUT2D eigenvalue weighted by molar-refractivity contribution is -0.144. The van der Waals surface area contributed by atoms with Crippen molar-refractivity contribution in [3.8, 4) is 5.75 Å². The molecule has 0 bridgehead atoms. The molecule has 0 aliphatic carbocycles. The van der Waals surface area contributed by atoms with E-state index in [1.807, 2.05) is 67.9 Å². The molecule has 1 heterocycles. The Hall–Kier alpha value is -3.75. The molecule has 8 heteroatoms. The van der Waals surface area contributed by atoms with Crippen molar-refractivity contribution in [3.63, 3.8) is 0 Å². The summed E-state index contributed by atoms with van der Waals surface area (Å²) in [7, 11) is 1.58. The van der Waals surface area contributed by atoms with Gasteiger partial charge in [0.15, 0.2) is 0 Å². The highest BCUT2D eigenvalue weighted by atomic mass is 16.5. The molecule has 0 aliphatic rings. The van der Waals surface area contributed by atoms with Gasteiger partial charge in [-0.2, -0.15) is 0 Å². The number of carbonyl (C=O) groups is 1. The van der Waals surface area contributed by atoms with E-state index in [-0.39, 0.29) is 13.0 Å². The van der Waals surface area contributed by atoms with Crippen LogP contribution in [0.3, 0.4) is 0 Å². The summed E-state index contributed by atoms with van der Waals surface area (Å²) in [6, 6.07) is 17.7. The number of aryl methyl sites for hydroxylation is 2. The van der Waals surface area contributed by atoms with Crippen LogP contribution in [0.4, 0.5) is 0 Å². The smallest absolute Gasteiger partial charge is 0.314 e. The molecule has 8 nitrogen and oxygen atoms in total.